The van der Waals surface area contributed by atoms with Crippen LogP contribution in [0.4, 0.5) is 0 Å². The fourth-order valence-electron chi connectivity index (χ4n) is 3.94. The Labute approximate surface area is 159 Å². The molecule has 1 heteroatoms. The van der Waals surface area contributed by atoms with Crippen LogP contribution in [0.25, 0.3) is 34.1 Å². The molecule has 0 saturated heterocycles. The Kier molecular flexibility index (Phi) is 3.79. The zero-order valence-corrected chi connectivity index (χ0v) is 15.3. The van der Waals surface area contributed by atoms with Crippen molar-refractivity contribution in [2.45, 2.75) is 13.3 Å². The third-order valence-electron chi connectivity index (χ3n) is 5.29. The van der Waals surface area contributed by atoms with E-state index >= 15 is 0 Å². The van der Waals surface area contributed by atoms with Crippen molar-refractivity contribution >= 4 is 11.6 Å². The van der Waals surface area contributed by atoms with E-state index in [4.69, 9.17) is 4.42 Å². The Bertz CT molecular complexity index is 1130. The Hall–Kier alpha value is -3.32. The fraction of sp³-hybridized carbons (Fsp3) is 0.0769. The normalized spacial score (nSPS) is 12.7. The van der Waals surface area contributed by atoms with Crippen LogP contribution in [0.1, 0.15) is 22.5 Å². The van der Waals surface area contributed by atoms with E-state index in [1.54, 1.807) is 0 Å². The minimum absolute atomic E-state index is 0.914. The van der Waals surface area contributed by atoms with Gasteiger partial charge in [0.25, 0.3) is 0 Å². The third kappa shape index (κ3) is 2.82. The van der Waals surface area contributed by atoms with Gasteiger partial charge >= 0.3 is 0 Å². The second-order valence-corrected chi connectivity index (χ2v) is 7.07. The van der Waals surface area contributed by atoms with Gasteiger partial charge in [0.15, 0.2) is 0 Å². The molecule has 1 aliphatic carbocycles. The zero-order chi connectivity index (χ0) is 18.2. The number of benzene rings is 3. The molecule has 4 aromatic rings. The average Bonchev–Trinajstić information content (AvgIpc) is 3.36. The van der Waals surface area contributed by atoms with Crippen LogP contribution in [0, 0.1) is 6.92 Å². The fourth-order valence-corrected chi connectivity index (χ4v) is 3.94. The Morgan fingerprint density at radius 1 is 0.667 bits per heavy atom. The van der Waals surface area contributed by atoms with E-state index in [0.717, 1.165) is 23.5 Å². The average molecular weight is 348 g/mol. The quantitative estimate of drug-likeness (QED) is 0.388. The standard InChI is InChI=1S/C26H20O/c1-18-12-13-21-16-22(17-23(21)26(18)20-10-6-3-7-11-20)25-15-14-24(27-25)19-8-4-2-5-9-19/h2-15,17H,16H2,1H3. The van der Waals surface area contributed by atoms with Gasteiger partial charge in [-0.15, -0.1) is 0 Å². The van der Waals surface area contributed by atoms with Crippen molar-refractivity contribution in [2.75, 3.05) is 0 Å². The summed E-state index contributed by atoms with van der Waals surface area (Å²) in [5.74, 6) is 1.88. The van der Waals surface area contributed by atoms with Gasteiger partial charge in [0.2, 0.25) is 0 Å². The summed E-state index contributed by atoms with van der Waals surface area (Å²) in [6, 6.07) is 29.6. The summed E-state index contributed by atoms with van der Waals surface area (Å²) in [5.41, 5.74) is 8.96. The lowest BCUT2D eigenvalue weighted by molar-refractivity contribution is 0.566. The maximum Gasteiger partial charge on any atom is 0.134 e. The summed E-state index contributed by atoms with van der Waals surface area (Å²) in [5, 5.41) is 0. The molecule has 130 valence electrons. The topological polar surface area (TPSA) is 13.1 Å². The van der Waals surface area contributed by atoms with Gasteiger partial charge < -0.3 is 4.42 Å². The molecule has 5 rings (SSSR count). The van der Waals surface area contributed by atoms with Crippen molar-refractivity contribution in [1.82, 2.24) is 0 Å². The molecule has 27 heavy (non-hydrogen) atoms. The molecular formula is C26H20O. The molecule has 0 atom stereocenters. The van der Waals surface area contributed by atoms with E-state index < -0.39 is 0 Å². The minimum atomic E-state index is 0.914. The van der Waals surface area contributed by atoms with E-state index in [0.29, 0.717) is 0 Å². The molecule has 0 radical (unpaired) electrons. The molecule has 1 heterocycles. The van der Waals surface area contributed by atoms with Crippen molar-refractivity contribution in [1.29, 1.82) is 0 Å². The highest BCUT2D eigenvalue weighted by Crippen LogP contribution is 2.40. The van der Waals surface area contributed by atoms with E-state index in [1.165, 1.54) is 33.4 Å². The molecule has 1 aliphatic rings. The summed E-state index contributed by atoms with van der Waals surface area (Å²) in [6.45, 7) is 2.19. The highest BCUT2D eigenvalue weighted by molar-refractivity contribution is 5.94. The van der Waals surface area contributed by atoms with Crippen molar-refractivity contribution < 1.29 is 4.42 Å². The van der Waals surface area contributed by atoms with E-state index in [2.05, 4.69) is 79.7 Å². The van der Waals surface area contributed by atoms with Gasteiger partial charge in [0.05, 0.1) is 0 Å². The Morgan fingerprint density at radius 2 is 1.33 bits per heavy atom. The molecule has 0 saturated carbocycles. The van der Waals surface area contributed by atoms with Gasteiger partial charge in [0, 0.05) is 12.0 Å². The Balaban J connectivity index is 1.56. The minimum Gasteiger partial charge on any atom is -0.456 e. The largest absolute Gasteiger partial charge is 0.456 e. The second-order valence-electron chi connectivity index (χ2n) is 7.07. The lowest BCUT2D eigenvalue weighted by Crippen LogP contribution is -1.91. The van der Waals surface area contributed by atoms with Gasteiger partial charge in [-0.25, -0.2) is 0 Å². The molecule has 0 fully saturated rings. The van der Waals surface area contributed by atoms with Crippen molar-refractivity contribution in [2.24, 2.45) is 0 Å². The molecule has 1 nitrogen and oxygen atoms in total. The van der Waals surface area contributed by atoms with Gasteiger partial charge in [-0.1, -0.05) is 72.8 Å². The summed E-state index contributed by atoms with van der Waals surface area (Å²) in [4.78, 5) is 0. The first-order valence-corrected chi connectivity index (χ1v) is 9.34. The molecule has 0 spiro atoms. The van der Waals surface area contributed by atoms with Crippen LogP contribution >= 0.6 is 0 Å². The second kappa shape index (κ2) is 6.44. The summed E-state index contributed by atoms with van der Waals surface area (Å²) >= 11 is 0. The number of aryl methyl sites for hydroxylation is 1. The number of rotatable bonds is 3. The lowest BCUT2D eigenvalue weighted by atomic mass is 9.93. The van der Waals surface area contributed by atoms with Crippen LogP contribution in [0.5, 0.6) is 0 Å². The van der Waals surface area contributed by atoms with Crippen molar-refractivity contribution in [3.63, 3.8) is 0 Å². The summed E-state index contributed by atoms with van der Waals surface area (Å²) in [6.07, 6.45) is 3.22. The predicted octanol–water partition coefficient (Wildman–Crippen LogP) is 7.02. The highest BCUT2D eigenvalue weighted by Gasteiger charge is 2.21. The number of hydrogen-bond acceptors (Lipinski definition) is 1. The number of fused-ring (bicyclic) bond motifs is 1. The SMILES string of the molecule is Cc1ccc2c(c1-c1ccccc1)C=C(c1ccc(-c3ccccc3)o1)C2. The number of allylic oxidation sites excluding steroid dienone is 1. The first-order chi connectivity index (χ1) is 13.3. The van der Waals surface area contributed by atoms with Crippen LogP contribution in [0.15, 0.2) is 89.3 Å². The van der Waals surface area contributed by atoms with Gasteiger partial charge in [-0.2, -0.15) is 0 Å². The predicted molar refractivity (Wildman–Crippen MR) is 112 cm³/mol. The van der Waals surface area contributed by atoms with Crippen LogP contribution in [-0.2, 0) is 6.42 Å². The van der Waals surface area contributed by atoms with E-state index in [1.807, 2.05) is 18.2 Å². The monoisotopic (exact) mass is 348 g/mol. The first kappa shape index (κ1) is 15.9. The van der Waals surface area contributed by atoms with Crippen molar-refractivity contribution in [3.05, 3.63) is 107 Å². The summed E-state index contributed by atoms with van der Waals surface area (Å²) in [7, 11) is 0. The maximum atomic E-state index is 6.19. The van der Waals surface area contributed by atoms with Gasteiger partial charge in [-0.05, 0) is 58.5 Å². The van der Waals surface area contributed by atoms with E-state index in [-0.39, 0.29) is 0 Å². The van der Waals surface area contributed by atoms with Crippen LogP contribution < -0.4 is 0 Å². The molecule has 0 bridgehead atoms. The lowest BCUT2D eigenvalue weighted by Gasteiger charge is -2.11. The number of furan rings is 1. The summed E-state index contributed by atoms with van der Waals surface area (Å²) < 4.78 is 6.19. The van der Waals surface area contributed by atoms with Crippen LogP contribution in [0.3, 0.4) is 0 Å². The molecule has 3 aromatic carbocycles. The van der Waals surface area contributed by atoms with Crippen LogP contribution in [0.2, 0.25) is 0 Å². The molecular weight excluding hydrogens is 328 g/mol. The van der Waals surface area contributed by atoms with E-state index in [9.17, 15) is 0 Å². The molecule has 0 unspecified atom stereocenters. The highest BCUT2D eigenvalue weighted by atomic mass is 16.3. The molecule has 0 N–H and O–H groups in total. The molecule has 0 aliphatic heterocycles. The van der Waals surface area contributed by atoms with Gasteiger partial charge in [0.1, 0.15) is 11.5 Å². The maximum absolute atomic E-state index is 6.19. The van der Waals surface area contributed by atoms with Gasteiger partial charge in [-0.3, -0.25) is 0 Å². The molecule has 1 aromatic heterocycles. The van der Waals surface area contributed by atoms with Crippen molar-refractivity contribution in [3.8, 4) is 22.5 Å². The van der Waals surface area contributed by atoms with Crippen LogP contribution in [-0.4, -0.2) is 0 Å². The first-order valence-electron chi connectivity index (χ1n) is 9.34. The Morgan fingerprint density at radius 3 is 2.07 bits per heavy atom. The smallest absolute Gasteiger partial charge is 0.134 e. The third-order valence-corrected chi connectivity index (χ3v) is 5.29. The molecule has 0 amide bonds. The zero-order valence-electron chi connectivity index (χ0n) is 15.3. The number of hydrogen-bond donors (Lipinski definition) is 0.